The zero-order chi connectivity index (χ0) is 23.8. The molecule has 7 nitrogen and oxygen atoms in total. The summed E-state index contributed by atoms with van der Waals surface area (Å²) < 4.78 is 5.96. The van der Waals surface area contributed by atoms with Crippen LogP contribution >= 0.6 is 11.6 Å². The van der Waals surface area contributed by atoms with Crippen molar-refractivity contribution in [3.8, 4) is 17.0 Å². The maximum atomic E-state index is 12.7. The number of rotatable bonds is 7. The molecule has 0 saturated carbocycles. The number of aliphatic hydroxyl groups excluding tert-OH is 1. The third-order valence-corrected chi connectivity index (χ3v) is 7.02. The number of ether oxygens (including phenoxy) is 1. The van der Waals surface area contributed by atoms with E-state index in [0.29, 0.717) is 22.9 Å². The molecule has 2 aliphatic rings. The molecule has 2 aliphatic heterocycles. The lowest BCUT2D eigenvalue weighted by molar-refractivity contribution is 0.0966. The van der Waals surface area contributed by atoms with Crippen molar-refractivity contribution in [1.82, 2.24) is 20.1 Å². The summed E-state index contributed by atoms with van der Waals surface area (Å²) in [6.07, 6.45) is -0.0239. The number of carbonyl (C=O) groups excluding carboxylic acids is 1. The monoisotopic (exact) mass is 482 g/mol. The van der Waals surface area contributed by atoms with Crippen molar-refractivity contribution < 1.29 is 14.6 Å². The SMILES string of the molecule is CC(C)Oc1cc(-c2cc3cc(CN4CCN(CCO)CC4)ccc3[nH]2)c2c(c1Cl)CNC2=O. The largest absolute Gasteiger partial charge is 0.489 e. The van der Waals surface area contributed by atoms with Gasteiger partial charge in [-0.1, -0.05) is 17.7 Å². The molecule has 1 aromatic heterocycles. The normalized spacial score (nSPS) is 16.9. The number of carbonyl (C=O) groups is 1. The van der Waals surface area contributed by atoms with Crippen LogP contribution in [0.5, 0.6) is 5.75 Å². The third kappa shape index (κ3) is 4.53. The lowest BCUT2D eigenvalue weighted by atomic mass is 9.99. The average molecular weight is 483 g/mol. The number of amides is 1. The molecular weight excluding hydrogens is 452 g/mol. The molecule has 0 aliphatic carbocycles. The second kappa shape index (κ2) is 9.58. The van der Waals surface area contributed by atoms with Gasteiger partial charge < -0.3 is 20.1 Å². The first kappa shape index (κ1) is 23.2. The number of hydrogen-bond acceptors (Lipinski definition) is 5. The number of nitrogens with zero attached hydrogens (tertiary/aromatic N) is 2. The van der Waals surface area contributed by atoms with Crippen LogP contribution in [0.25, 0.3) is 22.2 Å². The Morgan fingerprint density at radius 3 is 2.62 bits per heavy atom. The van der Waals surface area contributed by atoms with Gasteiger partial charge in [0.25, 0.3) is 5.91 Å². The van der Waals surface area contributed by atoms with Gasteiger partial charge >= 0.3 is 0 Å². The van der Waals surface area contributed by atoms with Gasteiger partial charge in [-0.25, -0.2) is 0 Å². The summed E-state index contributed by atoms with van der Waals surface area (Å²) >= 11 is 6.59. The summed E-state index contributed by atoms with van der Waals surface area (Å²) in [5.41, 5.74) is 5.38. The van der Waals surface area contributed by atoms with Crippen molar-refractivity contribution in [3.05, 3.63) is 52.0 Å². The third-order valence-electron chi connectivity index (χ3n) is 6.61. The number of β-amino-alcohol motifs (C(OH)–C–C–N with tert-alkyl or cyclic N) is 1. The summed E-state index contributed by atoms with van der Waals surface area (Å²) in [4.78, 5) is 20.9. The summed E-state index contributed by atoms with van der Waals surface area (Å²) in [6.45, 7) is 10.2. The van der Waals surface area contributed by atoms with Gasteiger partial charge in [-0.05, 0) is 43.7 Å². The molecule has 0 radical (unpaired) electrons. The van der Waals surface area contributed by atoms with Crippen molar-refractivity contribution in [2.75, 3.05) is 39.3 Å². The lowest BCUT2D eigenvalue weighted by Crippen LogP contribution is -2.46. The van der Waals surface area contributed by atoms with Crippen molar-refractivity contribution in [2.24, 2.45) is 0 Å². The summed E-state index contributed by atoms with van der Waals surface area (Å²) in [5, 5.41) is 13.7. The van der Waals surface area contributed by atoms with Crippen LogP contribution in [0.15, 0.2) is 30.3 Å². The number of fused-ring (bicyclic) bond motifs is 2. The Hall–Kier alpha value is -2.58. The van der Waals surface area contributed by atoms with Gasteiger partial charge in [0, 0.05) is 73.5 Å². The molecule has 0 spiro atoms. The minimum absolute atomic E-state index is 0.0239. The number of hydrogen-bond donors (Lipinski definition) is 3. The second-order valence-electron chi connectivity index (χ2n) is 9.39. The van der Waals surface area contributed by atoms with Crippen LogP contribution in [0.3, 0.4) is 0 Å². The number of nitrogens with one attached hydrogen (secondary N) is 2. The molecule has 180 valence electrons. The molecule has 3 aromatic rings. The van der Waals surface area contributed by atoms with E-state index in [-0.39, 0.29) is 18.6 Å². The van der Waals surface area contributed by atoms with Crippen LogP contribution < -0.4 is 10.1 Å². The molecule has 0 atom stereocenters. The maximum Gasteiger partial charge on any atom is 0.252 e. The van der Waals surface area contributed by atoms with Gasteiger partial charge in [0.1, 0.15) is 5.75 Å². The van der Waals surface area contributed by atoms with Crippen LogP contribution in [0.4, 0.5) is 0 Å². The first-order valence-electron chi connectivity index (χ1n) is 11.9. The van der Waals surface area contributed by atoms with Crippen LogP contribution in [-0.4, -0.2) is 71.2 Å². The molecular formula is C26H31ClN4O3. The number of aromatic nitrogens is 1. The van der Waals surface area contributed by atoms with Gasteiger partial charge in [0.15, 0.2) is 0 Å². The first-order valence-corrected chi connectivity index (χ1v) is 12.3. The quantitative estimate of drug-likeness (QED) is 0.479. The fourth-order valence-corrected chi connectivity index (χ4v) is 5.18. The highest BCUT2D eigenvalue weighted by Gasteiger charge is 2.29. The molecule has 1 saturated heterocycles. The molecule has 1 amide bonds. The van der Waals surface area contributed by atoms with E-state index in [2.05, 4.69) is 44.4 Å². The zero-order valence-electron chi connectivity index (χ0n) is 19.7. The Balaban J connectivity index is 1.43. The predicted octanol–water partition coefficient (Wildman–Crippen LogP) is 3.63. The number of aromatic amines is 1. The predicted molar refractivity (Wildman–Crippen MR) is 134 cm³/mol. The molecule has 3 N–H and O–H groups in total. The molecule has 1 fully saturated rings. The van der Waals surface area contributed by atoms with Crippen LogP contribution in [0.2, 0.25) is 5.02 Å². The Kier molecular flexibility index (Phi) is 6.53. The molecule has 3 heterocycles. The maximum absolute atomic E-state index is 12.7. The second-order valence-corrected chi connectivity index (χ2v) is 9.76. The number of halogens is 1. The smallest absolute Gasteiger partial charge is 0.252 e. The standard InChI is InChI=1S/C26H31ClN4O3/c1-16(2)34-23-13-19(24-20(25(23)27)14-28-26(24)33)22-12-18-11-17(3-4-21(18)29-22)15-31-7-5-30(6-8-31)9-10-32/h3-4,11-13,16,29,32H,5-10,14-15H2,1-2H3,(H,28,33). The minimum Gasteiger partial charge on any atom is -0.489 e. The summed E-state index contributed by atoms with van der Waals surface area (Å²) in [7, 11) is 0. The van der Waals surface area contributed by atoms with E-state index >= 15 is 0 Å². The van der Waals surface area contributed by atoms with Gasteiger partial charge in [-0.2, -0.15) is 0 Å². The van der Waals surface area contributed by atoms with Gasteiger partial charge in [0.05, 0.1) is 23.3 Å². The number of H-pyrrole nitrogens is 1. The Bertz CT molecular complexity index is 1210. The van der Waals surface area contributed by atoms with Crippen LogP contribution in [-0.2, 0) is 13.1 Å². The number of piperazine rings is 1. The zero-order valence-corrected chi connectivity index (χ0v) is 20.4. The Morgan fingerprint density at radius 2 is 1.88 bits per heavy atom. The van der Waals surface area contributed by atoms with Crippen molar-refractivity contribution in [2.45, 2.75) is 33.0 Å². The highest BCUT2D eigenvalue weighted by molar-refractivity contribution is 6.34. The first-order chi connectivity index (χ1) is 16.4. The Labute approximate surface area is 204 Å². The van der Waals surface area contributed by atoms with Gasteiger partial charge in [-0.15, -0.1) is 0 Å². The van der Waals surface area contributed by atoms with Crippen molar-refractivity contribution in [1.29, 1.82) is 0 Å². The highest BCUT2D eigenvalue weighted by atomic mass is 35.5. The number of aliphatic hydroxyl groups is 1. The minimum atomic E-state index is -0.109. The molecule has 0 unspecified atom stereocenters. The van der Waals surface area contributed by atoms with Crippen molar-refractivity contribution in [3.63, 3.8) is 0 Å². The van der Waals surface area contributed by atoms with E-state index in [1.54, 1.807) is 0 Å². The van der Waals surface area contributed by atoms with Gasteiger partial charge in [0.2, 0.25) is 0 Å². The molecule has 0 bridgehead atoms. The van der Waals surface area contributed by atoms with E-state index in [1.165, 1.54) is 5.56 Å². The molecule has 5 rings (SSSR count). The van der Waals surface area contributed by atoms with E-state index in [1.807, 2.05) is 19.9 Å². The lowest BCUT2D eigenvalue weighted by Gasteiger charge is -2.34. The van der Waals surface area contributed by atoms with E-state index in [0.717, 1.165) is 67.0 Å². The molecule has 8 heteroatoms. The topological polar surface area (TPSA) is 80.8 Å². The van der Waals surface area contributed by atoms with Crippen LogP contribution in [0, 0.1) is 0 Å². The Morgan fingerprint density at radius 1 is 1.12 bits per heavy atom. The van der Waals surface area contributed by atoms with Crippen LogP contribution in [0.1, 0.15) is 35.3 Å². The highest BCUT2D eigenvalue weighted by Crippen LogP contribution is 2.41. The number of benzene rings is 2. The summed E-state index contributed by atoms with van der Waals surface area (Å²) in [5.74, 6) is 0.490. The molecule has 2 aromatic carbocycles. The fourth-order valence-electron chi connectivity index (χ4n) is 4.92. The fraction of sp³-hybridized carbons (Fsp3) is 0.423. The van der Waals surface area contributed by atoms with Crippen molar-refractivity contribution >= 4 is 28.4 Å². The van der Waals surface area contributed by atoms with E-state index in [9.17, 15) is 4.79 Å². The van der Waals surface area contributed by atoms with Gasteiger partial charge in [-0.3, -0.25) is 14.6 Å². The summed E-state index contributed by atoms with van der Waals surface area (Å²) in [6, 6.07) is 10.5. The van der Waals surface area contributed by atoms with E-state index in [4.69, 9.17) is 21.4 Å². The molecule has 34 heavy (non-hydrogen) atoms. The average Bonchev–Trinajstić information content (AvgIpc) is 3.41. The van der Waals surface area contributed by atoms with E-state index < -0.39 is 0 Å².